The first-order valence-corrected chi connectivity index (χ1v) is 5.85. The fourth-order valence-corrected chi connectivity index (χ4v) is 2.59. The summed E-state index contributed by atoms with van der Waals surface area (Å²) in [6, 6.07) is 7.97. The first-order valence-electron chi connectivity index (χ1n) is 5.85. The lowest BCUT2D eigenvalue weighted by Crippen LogP contribution is -2.50. The van der Waals surface area contributed by atoms with Gasteiger partial charge < -0.3 is 4.74 Å². The van der Waals surface area contributed by atoms with E-state index in [2.05, 4.69) is 5.43 Å². The van der Waals surface area contributed by atoms with Crippen LogP contribution in [-0.2, 0) is 14.9 Å². The van der Waals surface area contributed by atoms with Crippen molar-refractivity contribution in [3.05, 3.63) is 35.4 Å². The molecule has 1 aliphatic heterocycles. The summed E-state index contributed by atoms with van der Waals surface area (Å²) in [5.41, 5.74) is 3.96. The van der Waals surface area contributed by atoms with Gasteiger partial charge in [-0.15, -0.1) is 0 Å². The number of ether oxygens (including phenoxy) is 1. The van der Waals surface area contributed by atoms with Crippen molar-refractivity contribution >= 4 is 5.91 Å². The Hall–Kier alpha value is -1.39. The van der Waals surface area contributed by atoms with Crippen molar-refractivity contribution in [3.63, 3.8) is 0 Å². The summed E-state index contributed by atoms with van der Waals surface area (Å²) in [4.78, 5) is 12.1. The van der Waals surface area contributed by atoms with E-state index in [4.69, 9.17) is 10.6 Å². The Morgan fingerprint density at radius 2 is 2.00 bits per heavy atom. The molecule has 4 nitrogen and oxygen atoms in total. The van der Waals surface area contributed by atoms with Crippen molar-refractivity contribution < 1.29 is 9.53 Å². The van der Waals surface area contributed by atoms with Gasteiger partial charge in [-0.2, -0.15) is 0 Å². The Balaban J connectivity index is 2.46. The van der Waals surface area contributed by atoms with Crippen molar-refractivity contribution in [3.8, 4) is 0 Å². The molecule has 0 aromatic heterocycles. The largest absolute Gasteiger partial charge is 0.381 e. The van der Waals surface area contributed by atoms with Crippen LogP contribution in [0.5, 0.6) is 0 Å². The molecular weight excluding hydrogens is 216 g/mol. The molecule has 2 rings (SSSR count). The Morgan fingerprint density at radius 3 is 2.59 bits per heavy atom. The zero-order valence-corrected chi connectivity index (χ0v) is 10.0. The molecule has 92 valence electrons. The number of hydrazine groups is 1. The molecule has 3 N–H and O–H groups in total. The van der Waals surface area contributed by atoms with E-state index in [-0.39, 0.29) is 5.91 Å². The van der Waals surface area contributed by atoms with Crippen LogP contribution in [0.3, 0.4) is 0 Å². The Morgan fingerprint density at radius 1 is 1.35 bits per heavy atom. The maximum Gasteiger partial charge on any atom is 0.244 e. The summed E-state index contributed by atoms with van der Waals surface area (Å²) >= 11 is 0. The number of carbonyl (C=O) groups excluding carboxylic acids is 1. The fourth-order valence-electron chi connectivity index (χ4n) is 2.59. The lowest BCUT2D eigenvalue weighted by atomic mass is 9.72. The van der Waals surface area contributed by atoms with Crippen molar-refractivity contribution in [2.24, 2.45) is 5.84 Å². The van der Waals surface area contributed by atoms with Crippen LogP contribution < -0.4 is 11.3 Å². The maximum absolute atomic E-state index is 12.1. The number of amides is 1. The van der Waals surface area contributed by atoms with Crippen LogP contribution in [0, 0.1) is 6.92 Å². The van der Waals surface area contributed by atoms with Crippen LogP contribution in [0.4, 0.5) is 0 Å². The summed E-state index contributed by atoms with van der Waals surface area (Å²) in [7, 11) is 0. The van der Waals surface area contributed by atoms with Gasteiger partial charge in [-0.25, -0.2) is 5.84 Å². The van der Waals surface area contributed by atoms with Crippen LogP contribution in [0.15, 0.2) is 24.3 Å². The van der Waals surface area contributed by atoms with E-state index in [1.54, 1.807) is 0 Å². The normalized spacial score (nSPS) is 18.7. The topological polar surface area (TPSA) is 64.4 Å². The van der Waals surface area contributed by atoms with Crippen molar-refractivity contribution in [1.29, 1.82) is 0 Å². The van der Waals surface area contributed by atoms with E-state index >= 15 is 0 Å². The SMILES string of the molecule is Cc1ccccc1C1(C(=O)NN)CCOCC1. The van der Waals surface area contributed by atoms with Gasteiger partial charge in [-0.05, 0) is 30.9 Å². The van der Waals surface area contributed by atoms with Gasteiger partial charge in [0.15, 0.2) is 0 Å². The lowest BCUT2D eigenvalue weighted by molar-refractivity contribution is -0.130. The van der Waals surface area contributed by atoms with E-state index in [1.807, 2.05) is 31.2 Å². The van der Waals surface area contributed by atoms with E-state index in [0.29, 0.717) is 26.1 Å². The van der Waals surface area contributed by atoms with Crippen LogP contribution in [0.2, 0.25) is 0 Å². The van der Waals surface area contributed by atoms with Gasteiger partial charge in [0.1, 0.15) is 0 Å². The minimum Gasteiger partial charge on any atom is -0.381 e. The molecule has 0 unspecified atom stereocenters. The molecule has 1 fully saturated rings. The van der Waals surface area contributed by atoms with Gasteiger partial charge in [0.05, 0.1) is 5.41 Å². The van der Waals surface area contributed by atoms with Gasteiger partial charge >= 0.3 is 0 Å². The molecule has 1 aromatic carbocycles. The van der Waals surface area contributed by atoms with Crippen LogP contribution in [0.1, 0.15) is 24.0 Å². The van der Waals surface area contributed by atoms with E-state index < -0.39 is 5.41 Å². The number of hydrogen-bond acceptors (Lipinski definition) is 3. The number of hydrogen-bond donors (Lipinski definition) is 2. The third-order valence-electron chi connectivity index (χ3n) is 3.57. The highest BCUT2D eigenvalue weighted by Crippen LogP contribution is 2.36. The number of nitrogens with two attached hydrogens (primary N) is 1. The molecule has 4 heteroatoms. The summed E-state index contributed by atoms with van der Waals surface area (Å²) in [5.74, 6) is 5.22. The summed E-state index contributed by atoms with van der Waals surface area (Å²) < 4.78 is 5.36. The molecular formula is C13H18N2O2. The quantitative estimate of drug-likeness (QED) is 0.456. The number of benzene rings is 1. The number of aryl methyl sites for hydroxylation is 1. The summed E-state index contributed by atoms with van der Waals surface area (Å²) in [6.45, 7) is 3.22. The lowest BCUT2D eigenvalue weighted by Gasteiger charge is -2.36. The second-order valence-corrected chi connectivity index (χ2v) is 4.48. The highest BCUT2D eigenvalue weighted by Gasteiger charge is 2.42. The van der Waals surface area contributed by atoms with Gasteiger partial charge in [0.2, 0.25) is 5.91 Å². The van der Waals surface area contributed by atoms with Gasteiger partial charge in [0.25, 0.3) is 0 Å². The highest BCUT2D eigenvalue weighted by atomic mass is 16.5. The molecule has 0 saturated carbocycles. The maximum atomic E-state index is 12.1. The second kappa shape index (κ2) is 4.85. The van der Waals surface area contributed by atoms with Crippen molar-refractivity contribution in [2.45, 2.75) is 25.2 Å². The molecule has 0 radical (unpaired) electrons. The molecule has 0 spiro atoms. The Labute approximate surface area is 101 Å². The molecule has 17 heavy (non-hydrogen) atoms. The Kier molecular flexibility index (Phi) is 3.45. The molecule has 1 heterocycles. The molecule has 0 bridgehead atoms. The number of nitrogens with one attached hydrogen (secondary N) is 1. The molecule has 1 aliphatic rings. The smallest absolute Gasteiger partial charge is 0.244 e. The zero-order valence-electron chi connectivity index (χ0n) is 10.0. The first kappa shape index (κ1) is 12.1. The van der Waals surface area contributed by atoms with E-state index in [9.17, 15) is 4.79 Å². The number of carbonyl (C=O) groups is 1. The van der Waals surface area contributed by atoms with E-state index in [0.717, 1.165) is 11.1 Å². The Bertz CT molecular complexity index is 412. The monoisotopic (exact) mass is 234 g/mol. The molecule has 0 atom stereocenters. The third kappa shape index (κ3) is 2.06. The summed E-state index contributed by atoms with van der Waals surface area (Å²) in [5, 5.41) is 0. The zero-order chi connectivity index (χ0) is 12.3. The molecule has 0 aliphatic carbocycles. The van der Waals surface area contributed by atoms with Crippen LogP contribution in [0.25, 0.3) is 0 Å². The van der Waals surface area contributed by atoms with Gasteiger partial charge in [-0.1, -0.05) is 24.3 Å². The van der Waals surface area contributed by atoms with Gasteiger partial charge in [0, 0.05) is 13.2 Å². The first-order chi connectivity index (χ1) is 8.20. The molecule has 1 aromatic rings. The molecule has 1 saturated heterocycles. The van der Waals surface area contributed by atoms with Crippen LogP contribution >= 0.6 is 0 Å². The predicted octanol–water partition coefficient (Wildman–Crippen LogP) is 1.03. The fraction of sp³-hybridized carbons (Fsp3) is 0.462. The second-order valence-electron chi connectivity index (χ2n) is 4.48. The number of rotatable bonds is 2. The standard InChI is InChI=1S/C13H18N2O2/c1-10-4-2-3-5-11(10)13(12(16)15-14)6-8-17-9-7-13/h2-5H,6-9,14H2,1H3,(H,15,16). The third-order valence-corrected chi connectivity index (χ3v) is 3.57. The van der Waals surface area contributed by atoms with Crippen molar-refractivity contribution in [2.75, 3.05) is 13.2 Å². The molecule has 1 amide bonds. The van der Waals surface area contributed by atoms with Gasteiger partial charge in [-0.3, -0.25) is 10.2 Å². The summed E-state index contributed by atoms with van der Waals surface area (Å²) in [6.07, 6.45) is 1.36. The van der Waals surface area contributed by atoms with E-state index in [1.165, 1.54) is 0 Å². The van der Waals surface area contributed by atoms with Crippen molar-refractivity contribution in [1.82, 2.24) is 5.43 Å². The average molecular weight is 234 g/mol. The highest BCUT2D eigenvalue weighted by molar-refractivity contribution is 5.88. The van der Waals surface area contributed by atoms with Crippen LogP contribution in [-0.4, -0.2) is 19.1 Å². The minimum atomic E-state index is -0.529. The average Bonchev–Trinajstić information content (AvgIpc) is 2.39. The minimum absolute atomic E-state index is 0.116. The predicted molar refractivity (Wildman–Crippen MR) is 65.2 cm³/mol.